The van der Waals surface area contributed by atoms with Gasteiger partial charge in [-0.1, -0.05) is 116 Å². The van der Waals surface area contributed by atoms with Crippen LogP contribution in [-0.2, 0) is 0 Å². The van der Waals surface area contributed by atoms with E-state index >= 15 is 0 Å². The van der Waals surface area contributed by atoms with Gasteiger partial charge in [0.05, 0.1) is 0 Å². The molecule has 0 aliphatic heterocycles. The molecular weight excluding hydrogens is 384 g/mol. The van der Waals surface area contributed by atoms with Gasteiger partial charge in [0.1, 0.15) is 0 Å². The van der Waals surface area contributed by atoms with Gasteiger partial charge < -0.3 is 30.6 Å². The summed E-state index contributed by atoms with van der Waals surface area (Å²) in [7, 11) is 6.00. The molecular formula is C24H60O6. The van der Waals surface area contributed by atoms with Gasteiger partial charge in [0, 0.05) is 42.7 Å². The van der Waals surface area contributed by atoms with Gasteiger partial charge in [-0.05, 0) is 0 Å². The second-order valence-electron chi connectivity index (χ2n) is 6.36. The molecule has 0 unspecified atom stereocenters. The van der Waals surface area contributed by atoms with Gasteiger partial charge in [-0.2, -0.15) is 0 Å². The Labute approximate surface area is 189 Å². The quantitative estimate of drug-likeness (QED) is 0.323. The largest absolute Gasteiger partial charge is 0.400 e. The van der Waals surface area contributed by atoms with Crippen LogP contribution in [0.5, 0.6) is 0 Å². The van der Waals surface area contributed by atoms with Crippen molar-refractivity contribution in [3.63, 3.8) is 0 Å². The van der Waals surface area contributed by atoms with Crippen LogP contribution in [-0.4, -0.2) is 73.3 Å². The minimum atomic E-state index is 1.00. The Morgan fingerprint density at radius 2 is 0.200 bits per heavy atom. The van der Waals surface area contributed by atoms with Crippen LogP contribution in [0, 0.1) is 0 Å². The van der Waals surface area contributed by atoms with E-state index in [1.807, 2.05) is 0 Å². The number of aliphatic hydroxyl groups excluding tert-OH is 6. The summed E-state index contributed by atoms with van der Waals surface area (Å²) in [6.07, 6.45) is 27.0. The third kappa shape index (κ3) is 63.0. The van der Waals surface area contributed by atoms with Gasteiger partial charge in [-0.15, -0.1) is 0 Å². The molecule has 0 spiro atoms. The van der Waals surface area contributed by atoms with Crippen molar-refractivity contribution in [1.82, 2.24) is 0 Å². The maximum Gasteiger partial charge on any atom is 0.0319 e. The molecule has 1 aliphatic rings. The van der Waals surface area contributed by atoms with E-state index in [1.54, 1.807) is 0 Å². The number of hydrogen-bond acceptors (Lipinski definition) is 6. The van der Waals surface area contributed by atoms with Gasteiger partial charge in [-0.3, -0.25) is 0 Å². The molecule has 1 rings (SSSR count). The number of hydrogen-bond donors (Lipinski definition) is 6. The monoisotopic (exact) mass is 444 g/mol. The average Bonchev–Trinajstić information content (AvgIpc) is 2.87. The normalized spacial score (nSPS) is 15.6. The molecule has 6 nitrogen and oxygen atoms in total. The fourth-order valence-corrected chi connectivity index (χ4v) is 3.18. The lowest BCUT2D eigenvalue weighted by atomic mass is 10.0. The topological polar surface area (TPSA) is 121 Å². The van der Waals surface area contributed by atoms with Crippen LogP contribution in [0.25, 0.3) is 0 Å². The summed E-state index contributed by atoms with van der Waals surface area (Å²) in [5.41, 5.74) is 0. The SMILES string of the molecule is C1CCCCCCCCCCCCCCCCC1.CO.CO.CO.CO.CO.CO. The van der Waals surface area contributed by atoms with E-state index in [9.17, 15) is 0 Å². The molecule has 0 aromatic heterocycles. The molecule has 0 atom stereocenters. The maximum absolute atomic E-state index is 7.00. The lowest BCUT2D eigenvalue weighted by molar-refractivity contribution is 0.399. The third-order valence-electron chi connectivity index (χ3n) is 4.50. The predicted molar refractivity (Wildman–Crippen MR) is 132 cm³/mol. The Bertz CT molecular complexity index is 96.7. The first-order valence-electron chi connectivity index (χ1n) is 11.7. The minimum Gasteiger partial charge on any atom is -0.400 e. The molecule has 1 saturated carbocycles. The van der Waals surface area contributed by atoms with Crippen LogP contribution in [0.15, 0.2) is 0 Å². The van der Waals surface area contributed by atoms with Crippen LogP contribution in [0.4, 0.5) is 0 Å². The van der Waals surface area contributed by atoms with Crippen molar-refractivity contribution in [2.75, 3.05) is 42.7 Å². The molecule has 1 aliphatic carbocycles. The van der Waals surface area contributed by atoms with Crippen molar-refractivity contribution in [3.05, 3.63) is 0 Å². The van der Waals surface area contributed by atoms with E-state index in [4.69, 9.17) is 30.6 Å². The summed E-state index contributed by atoms with van der Waals surface area (Å²) in [5.74, 6) is 0. The minimum absolute atomic E-state index is 1.00. The molecule has 1 fully saturated rings. The second-order valence-corrected chi connectivity index (χ2v) is 6.36. The summed E-state index contributed by atoms with van der Waals surface area (Å²) >= 11 is 0. The fraction of sp³-hybridized carbons (Fsp3) is 1.00. The smallest absolute Gasteiger partial charge is 0.0319 e. The summed E-state index contributed by atoms with van der Waals surface area (Å²) in [4.78, 5) is 0. The van der Waals surface area contributed by atoms with Gasteiger partial charge in [0.25, 0.3) is 0 Å². The Balaban J connectivity index is -0.000000103. The Morgan fingerprint density at radius 3 is 0.233 bits per heavy atom. The zero-order chi connectivity index (χ0) is 24.7. The van der Waals surface area contributed by atoms with Crippen molar-refractivity contribution in [2.45, 2.75) is 116 Å². The maximum atomic E-state index is 7.00. The lowest BCUT2D eigenvalue weighted by Crippen LogP contribution is -1.85. The summed E-state index contributed by atoms with van der Waals surface area (Å²) in [5, 5.41) is 42.0. The molecule has 0 aromatic rings. The van der Waals surface area contributed by atoms with E-state index in [0.29, 0.717) is 0 Å². The van der Waals surface area contributed by atoms with Crippen LogP contribution < -0.4 is 0 Å². The Kier molecular flexibility index (Phi) is 102. The van der Waals surface area contributed by atoms with E-state index in [1.165, 1.54) is 116 Å². The molecule has 0 radical (unpaired) electrons. The molecule has 30 heavy (non-hydrogen) atoms. The van der Waals surface area contributed by atoms with Gasteiger partial charge in [0.15, 0.2) is 0 Å². The molecule has 0 heterocycles. The van der Waals surface area contributed by atoms with Gasteiger partial charge in [-0.25, -0.2) is 0 Å². The highest BCUT2D eigenvalue weighted by atomic mass is 16.2. The molecule has 0 saturated heterocycles. The van der Waals surface area contributed by atoms with Gasteiger partial charge in [0.2, 0.25) is 0 Å². The summed E-state index contributed by atoms with van der Waals surface area (Å²) in [6.45, 7) is 0. The van der Waals surface area contributed by atoms with Crippen LogP contribution in [0.3, 0.4) is 0 Å². The van der Waals surface area contributed by atoms with Crippen molar-refractivity contribution < 1.29 is 30.6 Å². The zero-order valence-electron chi connectivity index (χ0n) is 21.4. The fourth-order valence-electron chi connectivity index (χ4n) is 3.18. The van der Waals surface area contributed by atoms with Crippen LogP contribution in [0.2, 0.25) is 0 Å². The Hall–Kier alpha value is -0.240. The van der Waals surface area contributed by atoms with Crippen LogP contribution >= 0.6 is 0 Å². The van der Waals surface area contributed by atoms with Crippen molar-refractivity contribution >= 4 is 0 Å². The highest BCUT2D eigenvalue weighted by molar-refractivity contribution is 4.52. The zero-order valence-corrected chi connectivity index (χ0v) is 21.4. The first-order chi connectivity index (χ1) is 15.0. The van der Waals surface area contributed by atoms with E-state index in [-0.39, 0.29) is 0 Å². The number of aliphatic hydroxyl groups is 6. The van der Waals surface area contributed by atoms with Crippen molar-refractivity contribution in [1.29, 1.82) is 0 Å². The molecule has 0 bridgehead atoms. The first-order valence-corrected chi connectivity index (χ1v) is 11.7. The number of rotatable bonds is 0. The van der Waals surface area contributed by atoms with Gasteiger partial charge >= 0.3 is 0 Å². The summed E-state index contributed by atoms with van der Waals surface area (Å²) in [6, 6.07) is 0. The predicted octanol–water partition coefficient (Wildman–Crippen LogP) is 4.67. The highest BCUT2D eigenvalue weighted by Crippen LogP contribution is 2.16. The van der Waals surface area contributed by atoms with Crippen molar-refractivity contribution in [2.24, 2.45) is 0 Å². The molecule has 0 aromatic carbocycles. The third-order valence-corrected chi connectivity index (χ3v) is 4.50. The standard InChI is InChI=1S/C18H36.6CH4O/c1-2-4-6-8-10-12-14-16-18-17-15-13-11-9-7-5-3-1;6*1-2/h1-18H2;6*2H,1H3. The molecule has 6 N–H and O–H groups in total. The Morgan fingerprint density at radius 1 is 0.167 bits per heavy atom. The van der Waals surface area contributed by atoms with E-state index < -0.39 is 0 Å². The van der Waals surface area contributed by atoms with Crippen LogP contribution in [0.1, 0.15) is 116 Å². The first kappa shape index (κ1) is 43.6. The lowest BCUT2D eigenvalue weighted by Gasteiger charge is -2.05. The second kappa shape index (κ2) is 70.3. The highest BCUT2D eigenvalue weighted by Gasteiger charge is 1.96. The van der Waals surface area contributed by atoms with E-state index in [0.717, 1.165) is 42.7 Å². The molecule has 192 valence electrons. The summed E-state index contributed by atoms with van der Waals surface area (Å²) < 4.78 is 0. The van der Waals surface area contributed by atoms with E-state index in [2.05, 4.69) is 0 Å². The average molecular weight is 445 g/mol. The molecule has 0 amide bonds. The molecule has 6 heteroatoms. The van der Waals surface area contributed by atoms with Crippen molar-refractivity contribution in [3.8, 4) is 0 Å².